The van der Waals surface area contributed by atoms with Crippen LogP contribution >= 0.6 is 31.9 Å². The smallest absolute Gasteiger partial charge is 0.307 e. The third-order valence-corrected chi connectivity index (χ3v) is 7.72. The highest BCUT2D eigenvalue weighted by Gasteiger charge is 2.27. The van der Waals surface area contributed by atoms with Crippen LogP contribution < -0.4 is 5.32 Å². The van der Waals surface area contributed by atoms with E-state index in [0.29, 0.717) is 12.7 Å². The maximum atomic E-state index is 12.7. The van der Waals surface area contributed by atoms with Gasteiger partial charge >= 0.3 is 5.97 Å². The number of benzene rings is 2. The lowest BCUT2D eigenvalue weighted by Crippen LogP contribution is -2.44. The van der Waals surface area contributed by atoms with Crippen molar-refractivity contribution in [3.63, 3.8) is 0 Å². The number of ketones is 1. The van der Waals surface area contributed by atoms with Crippen LogP contribution in [0.4, 0.5) is 0 Å². The second-order valence-corrected chi connectivity index (χ2v) is 11.5. The van der Waals surface area contributed by atoms with Gasteiger partial charge in [-0.1, -0.05) is 94.7 Å². The van der Waals surface area contributed by atoms with Crippen molar-refractivity contribution in [2.45, 2.75) is 76.5 Å². The first-order valence-corrected chi connectivity index (χ1v) is 15.7. The van der Waals surface area contributed by atoms with Crippen LogP contribution in [0.5, 0.6) is 0 Å². The number of Topliss-reactive ketones (excluding diaryl/α,β-unsaturated/α-hetero) is 1. The SMILES string of the molecule is CB(O)C[C@H](C(=O)N[C@@H](C)C(=O)Cc1ccc(COC(=O)CCC#Cc2cc(CBr)cc(CBr)c2)cc1)C(C)C. The van der Waals surface area contributed by atoms with Crippen LogP contribution in [0.3, 0.4) is 0 Å². The molecule has 0 fully saturated rings. The predicted octanol–water partition coefficient (Wildman–Crippen LogP) is 5.85. The van der Waals surface area contributed by atoms with E-state index >= 15 is 0 Å². The number of carbonyl (C=O) groups is 3. The highest BCUT2D eigenvalue weighted by atomic mass is 79.9. The lowest BCUT2D eigenvalue weighted by Gasteiger charge is -2.23. The molecule has 0 heterocycles. The summed E-state index contributed by atoms with van der Waals surface area (Å²) in [5.74, 6) is 5.24. The number of carbonyl (C=O) groups excluding carboxylic acids is 3. The van der Waals surface area contributed by atoms with Gasteiger partial charge in [-0.05, 0) is 53.5 Å². The molecular formula is C31H38BBr2NO5. The van der Waals surface area contributed by atoms with Crippen LogP contribution in [-0.4, -0.2) is 35.6 Å². The van der Waals surface area contributed by atoms with E-state index in [1.165, 1.54) is 0 Å². The molecule has 6 nitrogen and oxygen atoms in total. The van der Waals surface area contributed by atoms with Gasteiger partial charge in [0.1, 0.15) is 6.61 Å². The number of amides is 1. The van der Waals surface area contributed by atoms with Crippen molar-refractivity contribution in [1.82, 2.24) is 5.32 Å². The first-order valence-electron chi connectivity index (χ1n) is 13.5. The van der Waals surface area contributed by atoms with Gasteiger partial charge in [-0.15, -0.1) is 0 Å². The maximum Gasteiger partial charge on any atom is 0.307 e. The Balaban J connectivity index is 1.79. The summed E-state index contributed by atoms with van der Waals surface area (Å²) in [4.78, 5) is 37.5. The molecule has 0 aromatic heterocycles. The maximum absolute atomic E-state index is 12.7. The van der Waals surface area contributed by atoms with E-state index in [0.717, 1.165) is 38.5 Å². The molecule has 0 bridgehead atoms. The molecule has 0 saturated carbocycles. The molecule has 9 heteroatoms. The van der Waals surface area contributed by atoms with E-state index in [9.17, 15) is 19.4 Å². The summed E-state index contributed by atoms with van der Waals surface area (Å²) in [5, 5.41) is 14.0. The summed E-state index contributed by atoms with van der Waals surface area (Å²) < 4.78 is 5.37. The first-order chi connectivity index (χ1) is 19.0. The molecule has 0 radical (unpaired) electrons. The van der Waals surface area contributed by atoms with Gasteiger partial charge in [0.2, 0.25) is 5.91 Å². The predicted molar refractivity (Wildman–Crippen MR) is 167 cm³/mol. The molecule has 214 valence electrons. The molecule has 2 aromatic carbocycles. The molecule has 0 saturated heterocycles. The molecule has 0 spiro atoms. The average molecular weight is 675 g/mol. The summed E-state index contributed by atoms with van der Waals surface area (Å²) in [7, 11) is 0. The number of hydrogen-bond acceptors (Lipinski definition) is 5. The quantitative estimate of drug-likeness (QED) is 0.114. The van der Waals surface area contributed by atoms with Crippen molar-refractivity contribution in [2.24, 2.45) is 11.8 Å². The molecule has 40 heavy (non-hydrogen) atoms. The standard InChI is InChI=1S/C31H38BBr2NO5/c1-21(2)28(17-32(4)39)31(38)35-22(3)29(36)16-23-9-11-24(12-10-23)20-40-30(37)8-6-5-7-25-13-26(18-33)15-27(14-25)19-34/h9-15,21-22,28,39H,6,8,16-20H2,1-4H3,(H,35,38)/t22-,28-/m0/s1. The molecule has 0 aliphatic carbocycles. The molecule has 0 unspecified atom stereocenters. The Bertz CT molecular complexity index is 1180. The largest absolute Gasteiger partial charge is 0.461 e. The zero-order chi connectivity index (χ0) is 29.7. The fourth-order valence-corrected chi connectivity index (χ4v) is 4.76. The van der Waals surface area contributed by atoms with Gasteiger partial charge in [0.15, 0.2) is 5.78 Å². The molecule has 2 atom stereocenters. The van der Waals surface area contributed by atoms with Crippen molar-refractivity contribution in [2.75, 3.05) is 0 Å². The van der Waals surface area contributed by atoms with Gasteiger partial charge in [-0.3, -0.25) is 14.4 Å². The third-order valence-electron chi connectivity index (χ3n) is 6.43. The van der Waals surface area contributed by atoms with Crippen molar-refractivity contribution >= 4 is 56.4 Å². The lowest BCUT2D eigenvalue weighted by molar-refractivity contribution is -0.144. The van der Waals surface area contributed by atoms with Crippen LogP contribution in [0.2, 0.25) is 13.1 Å². The molecular weight excluding hydrogens is 637 g/mol. The van der Waals surface area contributed by atoms with Crippen LogP contribution in [0, 0.1) is 23.7 Å². The fraction of sp³-hybridized carbons (Fsp3) is 0.452. The number of ether oxygens (including phenoxy) is 1. The summed E-state index contributed by atoms with van der Waals surface area (Å²) in [6.07, 6.45) is 1.15. The number of hydrogen-bond donors (Lipinski definition) is 2. The van der Waals surface area contributed by atoms with Gasteiger partial charge in [-0.2, -0.15) is 0 Å². The van der Waals surface area contributed by atoms with Crippen molar-refractivity contribution in [1.29, 1.82) is 0 Å². The Hall–Kier alpha value is -2.41. The zero-order valence-corrected chi connectivity index (χ0v) is 26.8. The van der Waals surface area contributed by atoms with E-state index in [-0.39, 0.29) is 48.9 Å². The molecule has 2 rings (SSSR count). The van der Waals surface area contributed by atoms with Crippen LogP contribution in [0.15, 0.2) is 42.5 Å². The summed E-state index contributed by atoms with van der Waals surface area (Å²) in [6, 6.07) is 12.8. The van der Waals surface area contributed by atoms with Gasteiger partial charge < -0.3 is 15.1 Å². The van der Waals surface area contributed by atoms with Crippen molar-refractivity contribution < 1.29 is 24.1 Å². The Labute approximate surface area is 255 Å². The van der Waals surface area contributed by atoms with Crippen molar-refractivity contribution in [3.05, 3.63) is 70.3 Å². The molecule has 2 N–H and O–H groups in total. The Kier molecular flexibility index (Phi) is 14.7. The van der Waals surface area contributed by atoms with Gasteiger partial charge in [0, 0.05) is 35.0 Å². The van der Waals surface area contributed by atoms with E-state index in [1.807, 2.05) is 50.2 Å². The average Bonchev–Trinajstić information content (AvgIpc) is 2.92. The second-order valence-electron chi connectivity index (χ2n) is 10.4. The van der Waals surface area contributed by atoms with Gasteiger partial charge in [0.25, 0.3) is 6.92 Å². The van der Waals surface area contributed by atoms with Gasteiger partial charge in [-0.25, -0.2) is 0 Å². The number of rotatable bonds is 14. The Morgan fingerprint density at radius 3 is 2.12 bits per heavy atom. The van der Waals surface area contributed by atoms with Crippen LogP contribution in [-0.2, 0) is 42.8 Å². The lowest BCUT2D eigenvalue weighted by atomic mass is 9.62. The monoisotopic (exact) mass is 673 g/mol. The van der Waals surface area contributed by atoms with Crippen LogP contribution in [0.1, 0.15) is 61.4 Å². The number of halogens is 2. The molecule has 2 aromatic rings. The number of nitrogens with one attached hydrogen (secondary N) is 1. The zero-order valence-electron chi connectivity index (χ0n) is 23.6. The number of esters is 1. The summed E-state index contributed by atoms with van der Waals surface area (Å²) in [5.41, 5.74) is 4.87. The van der Waals surface area contributed by atoms with Crippen LogP contribution in [0.25, 0.3) is 0 Å². The van der Waals surface area contributed by atoms with E-state index in [4.69, 9.17) is 4.74 Å². The summed E-state index contributed by atoms with van der Waals surface area (Å²) in [6.45, 7) is 6.76. The Morgan fingerprint density at radius 1 is 0.975 bits per heavy atom. The topological polar surface area (TPSA) is 92.7 Å². The minimum Gasteiger partial charge on any atom is -0.461 e. The van der Waals surface area contributed by atoms with Gasteiger partial charge in [0.05, 0.1) is 12.5 Å². The minimum atomic E-state index is -0.633. The molecule has 0 aliphatic heterocycles. The normalized spacial score (nSPS) is 12.2. The van der Waals surface area contributed by atoms with E-state index in [2.05, 4.69) is 55.1 Å². The second kappa shape index (κ2) is 17.4. The fourth-order valence-electron chi connectivity index (χ4n) is 4.11. The molecule has 0 aliphatic rings. The van der Waals surface area contributed by atoms with Crippen molar-refractivity contribution in [3.8, 4) is 11.8 Å². The highest BCUT2D eigenvalue weighted by Crippen LogP contribution is 2.18. The summed E-state index contributed by atoms with van der Waals surface area (Å²) >= 11 is 6.95. The Morgan fingerprint density at radius 2 is 1.57 bits per heavy atom. The highest BCUT2D eigenvalue weighted by molar-refractivity contribution is 9.08. The molecule has 1 amide bonds. The van der Waals surface area contributed by atoms with E-state index in [1.54, 1.807) is 13.7 Å². The third kappa shape index (κ3) is 12.0. The van der Waals surface area contributed by atoms with E-state index < -0.39 is 13.0 Å². The first kappa shape index (κ1) is 33.8. The minimum absolute atomic E-state index is 0.0564. The number of alkyl halides is 2.